The maximum absolute atomic E-state index is 5.81. The predicted octanol–water partition coefficient (Wildman–Crippen LogP) is 3.55. The van der Waals surface area contributed by atoms with Gasteiger partial charge in [-0.15, -0.1) is 0 Å². The summed E-state index contributed by atoms with van der Waals surface area (Å²) in [5, 5.41) is 1.05. The van der Waals surface area contributed by atoms with E-state index in [9.17, 15) is 0 Å². The van der Waals surface area contributed by atoms with Gasteiger partial charge < -0.3 is 9.72 Å². The van der Waals surface area contributed by atoms with Crippen LogP contribution in [-0.2, 0) is 6.61 Å². The fourth-order valence-electron chi connectivity index (χ4n) is 1.84. The van der Waals surface area contributed by atoms with Crippen LogP contribution in [0.2, 0.25) is 0 Å². The number of ether oxygens (including phenoxy) is 1. The van der Waals surface area contributed by atoms with Crippen LogP contribution < -0.4 is 4.74 Å². The summed E-state index contributed by atoms with van der Waals surface area (Å²) in [5.74, 6) is 0.868. The van der Waals surface area contributed by atoms with Crippen molar-refractivity contribution in [3.63, 3.8) is 0 Å². The lowest BCUT2D eigenvalue weighted by Crippen LogP contribution is -1.95. The molecule has 2 aromatic carbocycles. The average molecular weight is 222 g/mol. The highest BCUT2D eigenvalue weighted by Crippen LogP contribution is 2.24. The molecule has 2 nitrogen and oxygen atoms in total. The SMILES string of the molecule is [c]1c[nH]c2c(OCc3ccccc3)cccc12. The topological polar surface area (TPSA) is 25.0 Å². The summed E-state index contributed by atoms with van der Waals surface area (Å²) < 4.78 is 5.81. The highest BCUT2D eigenvalue weighted by molar-refractivity contribution is 5.84. The Hall–Kier alpha value is -2.22. The molecule has 0 saturated heterocycles. The van der Waals surface area contributed by atoms with Crippen molar-refractivity contribution in [3.05, 3.63) is 66.4 Å². The van der Waals surface area contributed by atoms with E-state index in [1.54, 1.807) is 6.20 Å². The second-order valence-electron chi connectivity index (χ2n) is 3.89. The fourth-order valence-corrected chi connectivity index (χ4v) is 1.84. The maximum atomic E-state index is 5.81. The largest absolute Gasteiger partial charge is 0.487 e. The highest BCUT2D eigenvalue weighted by atomic mass is 16.5. The first kappa shape index (κ1) is 9.97. The first-order valence-corrected chi connectivity index (χ1v) is 5.58. The molecule has 0 fully saturated rings. The van der Waals surface area contributed by atoms with Crippen LogP contribution in [0.1, 0.15) is 5.56 Å². The van der Waals surface area contributed by atoms with Gasteiger partial charge in [-0.05, 0) is 11.6 Å². The number of aromatic amines is 1. The second kappa shape index (κ2) is 4.34. The van der Waals surface area contributed by atoms with Gasteiger partial charge in [0.15, 0.2) is 0 Å². The Balaban J connectivity index is 1.84. The number of hydrogen-bond donors (Lipinski definition) is 1. The van der Waals surface area contributed by atoms with E-state index in [2.05, 4.69) is 23.2 Å². The molecule has 0 bridgehead atoms. The second-order valence-corrected chi connectivity index (χ2v) is 3.89. The summed E-state index contributed by atoms with van der Waals surface area (Å²) >= 11 is 0. The number of nitrogens with one attached hydrogen (secondary N) is 1. The zero-order valence-electron chi connectivity index (χ0n) is 9.31. The Labute approximate surface area is 99.9 Å². The molecule has 3 rings (SSSR count). The van der Waals surface area contributed by atoms with Crippen molar-refractivity contribution in [3.8, 4) is 5.75 Å². The number of aromatic nitrogens is 1. The summed E-state index contributed by atoms with van der Waals surface area (Å²) in [4.78, 5) is 3.14. The Morgan fingerprint density at radius 3 is 2.76 bits per heavy atom. The molecular weight excluding hydrogens is 210 g/mol. The van der Waals surface area contributed by atoms with Crippen LogP contribution in [0.25, 0.3) is 10.9 Å². The van der Waals surface area contributed by atoms with E-state index < -0.39 is 0 Å². The van der Waals surface area contributed by atoms with Crippen LogP contribution in [0.4, 0.5) is 0 Å². The van der Waals surface area contributed by atoms with E-state index in [1.807, 2.05) is 36.4 Å². The number of benzene rings is 2. The number of rotatable bonds is 3. The molecule has 0 unspecified atom stereocenters. The van der Waals surface area contributed by atoms with Gasteiger partial charge in [0.1, 0.15) is 12.4 Å². The maximum Gasteiger partial charge on any atom is 0.143 e. The predicted molar refractivity (Wildman–Crippen MR) is 67.9 cm³/mol. The molecule has 2 heteroatoms. The molecule has 83 valence electrons. The van der Waals surface area contributed by atoms with E-state index in [0.29, 0.717) is 6.61 Å². The van der Waals surface area contributed by atoms with Crippen molar-refractivity contribution in [1.29, 1.82) is 0 Å². The van der Waals surface area contributed by atoms with Crippen LogP contribution in [-0.4, -0.2) is 4.98 Å². The molecule has 0 atom stereocenters. The Morgan fingerprint density at radius 2 is 1.88 bits per heavy atom. The summed E-state index contributed by atoms with van der Waals surface area (Å²) in [6.07, 6.45) is 1.81. The van der Waals surface area contributed by atoms with Crippen molar-refractivity contribution >= 4 is 10.9 Å². The normalized spacial score (nSPS) is 10.6. The van der Waals surface area contributed by atoms with Crippen LogP contribution in [0.5, 0.6) is 5.75 Å². The smallest absolute Gasteiger partial charge is 0.143 e. The lowest BCUT2D eigenvalue weighted by Gasteiger charge is -2.07. The average Bonchev–Trinajstić information content (AvgIpc) is 2.86. The van der Waals surface area contributed by atoms with Gasteiger partial charge in [0, 0.05) is 17.6 Å². The standard InChI is InChI=1S/C15H12NO/c1-2-5-12(6-3-1)11-17-14-8-4-7-13-9-10-16-15(13)14/h1-8,10,16H,11H2. The molecule has 1 N–H and O–H groups in total. The van der Waals surface area contributed by atoms with Crippen molar-refractivity contribution in [1.82, 2.24) is 4.98 Å². The van der Waals surface area contributed by atoms with E-state index in [-0.39, 0.29) is 0 Å². The zero-order valence-corrected chi connectivity index (χ0v) is 9.31. The lowest BCUT2D eigenvalue weighted by atomic mass is 10.2. The van der Waals surface area contributed by atoms with Gasteiger partial charge in [-0.25, -0.2) is 0 Å². The molecule has 1 radical (unpaired) electrons. The molecule has 0 aliphatic carbocycles. The first-order valence-electron chi connectivity index (χ1n) is 5.58. The molecule has 0 spiro atoms. The van der Waals surface area contributed by atoms with Crippen molar-refractivity contribution < 1.29 is 4.74 Å². The summed E-state index contributed by atoms with van der Waals surface area (Å²) in [6, 6.07) is 19.2. The summed E-state index contributed by atoms with van der Waals surface area (Å²) in [5.41, 5.74) is 2.17. The first-order chi connectivity index (χ1) is 8.43. The summed E-state index contributed by atoms with van der Waals surface area (Å²) in [7, 11) is 0. The van der Waals surface area contributed by atoms with Gasteiger partial charge in [0.25, 0.3) is 0 Å². The molecule has 3 aromatic rings. The number of hydrogen-bond acceptors (Lipinski definition) is 1. The van der Waals surface area contributed by atoms with E-state index in [4.69, 9.17) is 4.74 Å². The van der Waals surface area contributed by atoms with E-state index in [1.165, 1.54) is 5.56 Å². The third-order valence-electron chi connectivity index (χ3n) is 2.71. The third-order valence-corrected chi connectivity index (χ3v) is 2.71. The van der Waals surface area contributed by atoms with E-state index >= 15 is 0 Å². The van der Waals surface area contributed by atoms with Crippen molar-refractivity contribution in [2.24, 2.45) is 0 Å². The Morgan fingerprint density at radius 1 is 1.00 bits per heavy atom. The van der Waals surface area contributed by atoms with Gasteiger partial charge in [0.2, 0.25) is 0 Å². The minimum absolute atomic E-state index is 0.582. The van der Waals surface area contributed by atoms with Crippen LogP contribution in [0.3, 0.4) is 0 Å². The van der Waals surface area contributed by atoms with Crippen LogP contribution in [0.15, 0.2) is 54.7 Å². The molecular formula is C15H12NO. The molecule has 0 saturated carbocycles. The van der Waals surface area contributed by atoms with Gasteiger partial charge in [-0.2, -0.15) is 0 Å². The Bertz CT molecular complexity index is 613. The van der Waals surface area contributed by atoms with E-state index in [0.717, 1.165) is 16.7 Å². The number of para-hydroxylation sites is 1. The lowest BCUT2D eigenvalue weighted by molar-refractivity contribution is 0.309. The van der Waals surface area contributed by atoms with Gasteiger partial charge in [-0.1, -0.05) is 42.5 Å². The molecule has 1 heterocycles. The quantitative estimate of drug-likeness (QED) is 0.720. The summed E-state index contributed by atoms with van der Waals surface area (Å²) in [6.45, 7) is 0.582. The highest BCUT2D eigenvalue weighted by Gasteiger charge is 2.02. The molecule has 0 aliphatic rings. The molecule has 0 amide bonds. The van der Waals surface area contributed by atoms with Gasteiger partial charge in [-0.3, -0.25) is 0 Å². The fraction of sp³-hybridized carbons (Fsp3) is 0.0667. The molecule has 0 aliphatic heterocycles. The zero-order chi connectivity index (χ0) is 11.5. The third kappa shape index (κ3) is 2.02. The monoisotopic (exact) mass is 222 g/mol. The van der Waals surface area contributed by atoms with Gasteiger partial charge >= 0.3 is 0 Å². The molecule has 17 heavy (non-hydrogen) atoms. The minimum Gasteiger partial charge on any atom is -0.487 e. The number of H-pyrrole nitrogens is 1. The van der Waals surface area contributed by atoms with Crippen molar-refractivity contribution in [2.45, 2.75) is 6.61 Å². The minimum atomic E-state index is 0.582. The van der Waals surface area contributed by atoms with Crippen LogP contribution in [0, 0.1) is 6.07 Å². The van der Waals surface area contributed by atoms with Crippen LogP contribution >= 0.6 is 0 Å². The van der Waals surface area contributed by atoms with Crippen molar-refractivity contribution in [2.75, 3.05) is 0 Å². The Kier molecular flexibility index (Phi) is 2.54. The number of fused-ring (bicyclic) bond motifs is 1. The molecule has 1 aromatic heterocycles. The van der Waals surface area contributed by atoms with Gasteiger partial charge in [0.05, 0.1) is 5.52 Å².